The maximum absolute atomic E-state index is 13.1. The molecule has 9 heteroatoms. The Kier molecular flexibility index (Phi) is 5.33. The van der Waals surface area contributed by atoms with Gasteiger partial charge in [-0.2, -0.15) is 5.10 Å². The third kappa shape index (κ3) is 3.93. The van der Waals surface area contributed by atoms with Crippen molar-refractivity contribution in [1.82, 2.24) is 29.6 Å². The van der Waals surface area contributed by atoms with E-state index in [1.165, 1.54) is 0 Å². The van der Waals surface area contributed by atoms with Crippen molar-refractivity contribution in [3.63, 3.8) is 0 Å². The van der Waals surface area contributed by atoms with Crippen LogP contribution < -0.4 is 10.1 Å². The summed E-state index contributed by atoms with van der Waals surface area (Å²) in [6.45, 7) is 10.3. The Labute approximate surface area is 209 Å². The van der Waals surface area contributed by atoms with Gasteiger partial charge in [-0.3, -0.25) is 19.9 Å². The zero-order valence-corrected chi connectivity index (χ0v) is 21.1. The highest BCUT2D eigenvalue weighted by molar-refractivity contribution is 5.99. The van der Waals surface area contributed by atoms with Gasteiger partial charge in [-0.05, 0) is 63.9 Å². The minimum Gasteiger partial charge on any atom is -0.439 e. The molecule has 0 saturated heterocycles. The van der Waals surface area contributed by atoms with Crippen molar-refractivity contribution < 1.29 is 9.53 Å². The summed E-state index contributed by atoms with van der Waals surface area (Å²) in [6, 6.07) is 9.83. The molecule has 2 N–H and O–H groups in total. The molecular weight excluding hydrogens is 454 g/mol. The van der Waals surface area contributed by atoms with Gasteiger partial charge in [-0.15, -0.1) is 0 Å². The van der Waals surface area contributed by atoms with Crippen LogP contribution in [0.1, 0.15) is 56.3 Å². The number of carbonyl (C=O) groups is 1. The van der Waals surface area contributed by atoms with Gasteiger partial charge in [-0.1, -0.05) is 13.8 Å². The molecule has 186 valence electrons. The second-order valence-corrected chi connectivity index (χ2v) is 10.3. The Bertz CT molecular complexity index is 1470. The van der Waals surface area contributed by atoms with Crippen LogP contribution in [0.5, 0.6) is 11.6 Å². The quantitative estimate of drug-likeness (QED) is 0.405. The molecule has 1 saturated carbocycles. The van der Waals surface area contributed by atoms with E-state index in [-0.39, 0.29) is 11.4 Å². The van der Waals surface area contributed by atoms with Crippen molar-refractivity contribution in [1.29, 1.82) is 0 Å². The van der Waals surface area contributed by atoms with Crippen LogP contribution in [0, 0.1) is 6.92 Å². The predicted molar refractivity (Wildman–Crippen MR) is 138 cm³/mol. The van der Waals surface area contributed by atoms with E-state index in [0.29, 0.717) is 23.5 Å². The second-order valence-electron chi connectivity index (χ2n) is 10.3. The highest BCUT2D eigenvalue weighted by atomic mass is 16.5. The molecule has 4 aromatic rings. The highest BCUT2D eigenvalue weighted by Crippen LogP contribution is 2.47. The molecule has 36 heavy (non-hydrogen) atoms. The van der Waals surface area contributed by atoms with Crippen LogP contribution in [0.3, 0.4) is 0 Å². The maximum Gasteiger partial charge on any atom is 0.331 e. The number of ether oxygens (including phenoxy) is 1. The summed E-state index contributed by atoms with van der Waals surface area (Å²) in [6.07, 6.45) is 4.71. The smallest absolute Gasteiger partial charge is 0.331 e. The molecule has 0 spiro atoms. The van der Waals surface area contributed by atoms with Crippen LogP contribution in [0.2, 0.25) is 0 Å². The van der Waals surface area contributed by atoms with Crippen LogP contribution in [-0.4, -0.2) is 48.3 Å². The first-order valence-electron chi connectivity index (χ1n) is 12.6. The number of hydrogen-bond donors (Lipinski definition) is 2. The van der Waals surface area contributed by atoms with Crippen molar-refractivity contribution in [2.75, 3.05) is 11.9 Å². The van der Waals surface area contributed by atoms with E-state index in [0.717, 1.165) is 65.9 Å². The Morgan fingerprint density at radius 2 is 2.08 bits per heavy atom. The van der Waals surface area contributed by atoms with E-state index in [9.17, 15) is 4.79 Å². The minimum absolute atomic E-state index is 0.165. The summed E-state index contributed by atoms with van der Waals surface area (Å²) in [4.78, 5) is 24.5. The first-order valence-corrected chi connectivity index (χ1v) is 12.6. The second kappa shape index (κ2) is 8.44. The summed E-state index contributed by atoms with van der Waals surface area (Å²) in [7, 11) is 0. The van der Waals surface area contributed by atoms with Gasteiger partial charge in [0.1, 0.15) is 12.1 Å². The van der Waals surface area contributed by atoms with E-state index in [2.05, 4.69) is 51.2 Å². The number of aromatic amines is 1. The SMILES string of the molecule is CCN1Cc2ncnc(Oc3ccc4c(c3)cc(C)n4C(=O)Nc3cc(C4(C)CC4)[nH]n3)c2C[C@@H]1C. The van der Waals surface area contributed by atoms with Crippen molar-refractivity contribution in [3.05, 3.63) is 59.3 Å². The summed E-state index contributed by atoms with van der Waals surface area (Å²) >= 11 is 0. The zero-order valence-electron chi connectivity index (χ0n) is 21.1. The Morgan fingerprint density at radius 1 is 1.25 bits per heavy atom. The summed E-state index contributed by atoms with van der Waals surface area (Å²) < 4.78 is 7.92. The molecule has 0 radical (unpaired) electrons. The van der Waals surface area contributed by atoms with Gasteiger partial charge < -0.3 is 4.74 Å². The molecule has 9 nitrogen and oxygen atoms in total. The lowest BCUT2D eigenvalue weighted by Gasteiger charge is -2.33. The lowest BCUT2D eigenvalue weighted by molar-refractivity contribution is 0.189. The maximum atomic E-state index is 13.1. The van der Waals surface area contributed by atoms with Gasteiger partial charge in [0.2, 0.25) is 5.88 Å². The number of fused-ring (bicyclic) bond motifs is 2. The largest absolute Gasteiger partial charge is 0.439 e. The molecule has 1 amide bonds. The number of carbonyl (C=O) groups excluding carboxylic acids is 1. The fourth-order valence-electron chi connectivity index (χ4n) is 5.15. The minimum atomic E-state index is -0.241. The van der Waals surface area contributed by atoms with Crippen molar-refractivity contribution in [3.8, 4) is 11.6 Å². The molecule has 3 aromatic heterocycles. The van der Waals surface area contributed by atoms with Gasteiger partial charge in [0.15, 0.2) is 5.82 Å². The molecule has 0 unspecified atom stereocenters. The van der Waals surface area contributed by atoms with E-state index >= 15 is 0 Å². The molecule has 1 atom stereocenters. The number of H-pyrrole nitrogens is 1. The topological polar surface area (TPSA) is 101 Å². The van der Waals surface area contributed by atoms with Crippen LogP contribution in [0.4, 0.5) is 10.6 Å². The number of nitrogens with zero attached hydrogens (tertiary/aromatic N) is 5. The molecule has 1 aliphatic heterocycles. The van der Waals surface area contributed by atoms with Crippen LogP contribution in [0.15, 0.2) is 36.7 Å². The number of aromatic nitrogens is 5. The summed E-state index contributed by atoms with van der Waals surface area (Å²) in [5.74, 6) is 1.82. The van der Waals surface area contributed by atoms with Gasteiger partial charge >= 0.3 is 6.03 Å². The molecule has 0 bridgehead atoms. The molecule has 1 fully saturated rings. The van der Waals surface area contributed by atoms with Crippen molar-refractivity contribution in [2.24, 2.45) is 0 Å². The molecule has 6 rings (SSSR count). The number of rotatable bonds is 5. The average molecular weight is 486 g/mol. The number of benzene rings is 1. The van der Waals surface area contributed by atoms with Gasteiger partial charge in [-0.25, -0.2) is 14.8 Å². The van der Waals surface area contributed by atoms with Crippen LogP contribution >= 0.6 is 0 Å². The average Bonchev–Trinajstić information content (AvgIpc) is 3.28. The zero-order chi connectivity index (χ0) is 25.0. The number of amides is 1. The predicted octanol–water partition coefficient (Wildman–Crippen LogP) is 5.15. The third-order valence-electron chi connectivity index (χ3n) is 7.71. The molecule has 1 aromatic carbocycles. The first-order chi connectivity index (χ1) is 17.3. The Balaban J connectivity index is 1.24. The highest BCUT2D eigenvalue weighted by Gasteiger charge is 2.40. The normalized spacial score (nSPS) is 18.7. The fraction of sp³-hybridized carbons (Fsp3) is 0.407. The number of likely N-dealkylation sites (N-methyl/N-ethyl adjacent to an activating group) is 1. The van der Waals surface area contributed by atoms with E-state index in [1.807, 2.05) is 37.3 Å². The van der Waals surface area contributed by atoms with Gasteiger partial charge in [0.05, 0.1) is 11.2 Å². The molecule has 1 aliphatic carbocycles. The number of nitrogens with one attached hydrogen (secondary N) is 2. The lowest BCUT2D eigenvalue weighted by Crippen LogP contribution is -2.38. The fourth-order valence-corrected chi connectivity index (χ4v) is 5.15. The van der Waals surface area contributed by atoms with Crippen molar-refractivity contribution in [2.45, 2.75) is 65.0 Å². The molecule has 4 heterocycles. The summed E-state index contributed by atoms with van der Waals surface area (Å²) in [5.41, 5.74) is 4.96. The van der Waals surface area contributed by atoms with Crippen molar-refractivity contribution >= 4 is 22.8 Å². The number of hydrogen-bond acceptors (Lipinski definition) is 6. The third-order valence-corrected chi connectivity index (χ3v) is 7.71. The van der Waals surface area contributed by atoms with E-state index in [1.54, 1.807) is 10.9 Å². The van der Waals surface area contributed by atoms with Crippen LogP contribution in [-0.2, 0) is 18.4 Å². The van der Waals surface area contributed by atoms with Crippen LogP contribution in [0.25, 0.3) is 10.9 Å². The van der Waals surface area contributed by atoms with E-state index < -0.39 is 0 Å². The van der Waals surface area contributed by atoms with Gasteiger partial charge in [0.25, 0.3) is 0 Å². The number of aryl methyl sites for hydroxylation is 1. The Morgan fingerprint density at radius 3 is 2.86 bits per heavy atom. The number of anilines is 1. The molecule has 2 aliphatic rings. The Hall–Kier alpha value is -3.72. The van der Waals surface area contributed by atoms with E-state index in [4.69, 9.17) is 4.74 Å². The monoisotopic (exact) mass is 485 g/mol. The summed E-state index contributed by atoms with van der Waals surface area (Å²) in [5, 5.41) is 11.2. The lowest BCUT2D eigenvalue weighted by atomic mass is 10.00. The first kappa shape index (κ1) is 22.7. The van der Waals surface area contributed by atoms with Gasteiger partial charge in [0, 0.05) is 46.4 Å². The molecular formula is C27H31N7O2. The standard InChI is InChI=1S/C27H31N7O2/c1-5-33-14-21-20(11-16(33)2)25(29-15-28-21)36-19-6-7-22-18(12-19)10-17(3)34(22)26(35)30-24-13-23(31-32-24)27(4)8-9-27/h6-7,10,12-13,15-16H,5,8-9,11,14H2,1-4H3,(H2,30,31,32,35)/t16-/m0/s1.